The smallest absolute Gasteiger partial charge is 0.483 e. The second-order valence-electron chi connectivity index (χ2n) is 34.7. The highest BCUT2D eigenvalue weighted by molar-refractivity contribution is 14.1. The molecule has 0 bridgehead atoms. The van der Waals surface area contributed by atoms with Gasteiger partial charge in [0, 0.05) is 69.3 Å². The molecule has 27 nitrogen and oxygen atoms in total. The molecule has 0 atom stereocenters. The van der Waals surface area contributed by atoms with Gasteiger partial charge in [0.15, 0.2) is 0 Å². The van der Waals surface area contributed by atoms with E-state index in [1.807, 2.05) is 184 Å². The number of nitriles is 1. The molecule has 34 heteroatoms. The van der Waals surface area contributed by atoms with Gasteiger partial charge >= 0.3 is 17.5 Å². The molecule has 129 heavy (non-hydrogen) atoms. The van der Waals surface area contributed by atoms with Crippen molar-refractivity contribution in [2.24, 2.45) is 0 Å². The number of anilines is 8. The van der Waals surface area contributed by atoms with Crippen molar-refractivity contribution in [2.75, 3.05) is 33.2 Å². The number of aromatic nitrogens is 2. The lowest BCUT2D eigenvalue weighted by atomic mass is 9.77. The van der Waals surface area contributed by atoms with Gasteiger partial charge in [-0.2, -0.15) is 13.7 Å². The Bertz CT molecular complexity index is 5900. The van der Waals surface area contributed by atoms with Gasteiger partial charge in [-0.3, -0.25) is 53.6 Å². The van der Waals surface area contributed by atoms with Crippen molar-refractivity contribution >= 4 is 195 Å². The van der Waals surface area contributed by atoms with Crippen LogP contribution in [0.5, 0.6) is 0 Å². The van der Waals surface area contributed by atoms with Crippen LogP contribution in [0, 0.1) is 45.2 Å². The van der Waals surface area contributed by atoms with E-state index in [4.69, 9.17) is 59.9 Å². The fourth-order valence-electron chi connectivity index (χ4n) is 11.0. The third kappa shape index (κ3) is 41.1. The SMILES string of the molecule is Brc1cccc(I)c1.CC(=O)Nc1ccc(C(C)(C)C)cc1[N+](=O)[O-].CC(C)(C)c1ccc(N)c([N+](=O)[O-])c1.CC(C)(C)c1ccc(N)cc1.CC(C)(C)c1ccc(Nc2cccc(Br)c2)c(N)c1.CC(C)(C)c1ccc(Nc2cccc(Br)c2)c([N+](=O)[O-])c1.CC(C)(C)c1ccc2c(c1)ncn2-c1cccc(Br)c1.N#Cc1ccccc1B(O)O.O=CO.O=S(=O)(O)O. The predicted octanol–water partition coefficient (Wildman–Crippen LogP) is 24.8. The van der Waals surface area contributed by atoms with Crippen molar-refractivity contribution in [3.05, 3.63) is 334 Å². The van der Waals surface area contributed by atoms with Crippen molar-refractivity contribution in [2.45, 2.75) is 164 Å². The van der Waals surface area contributed by atoms with E-state index in [1.54, 1.807) is 42.5 Å². The van der Waals surface area contributed by atoms with Crippen molar-refractivity contribution in [3.8, 4) is 11.8 Å². The molecule has 14 N–H and O–H groups in total. The maximum absolute atomic E-state index is 11.3. The predicted molar refractivity (Wildman–Crippen MR) is 546 cm³/mol. The highest BCUT2D eigenvalue weighted by Gasteiger charge is 2.25. The van der Waals surface area contributed by atoms with Crippen LogP contribution < -0.4 is 38.6 Å². The molecule has 686 valence electrons. The number of fused-ring (bicyclic) bond motifs is 1. The van der Waals surface area contributed by atoms with Crippen LogP contribution in [0.1, 0.15) is 170 Å². The van der Waals surface area contributed by atoms with Gasteiger partial charge in [-0.1, -0.05) is 273 Å². The molecular weight excluding hydrogens is 2040 g/mol. The Hall–Kier alpha value is -11.0. The Labute approximate surface area is 803 Å². The zero-order chi connectivity index (χ0) is 98.1. The van der Waals surface area contributed by atoms with Gasteiger partial charge in [-0.05, 0) is 227 Å². The number of hydrogen-bond acceptors (Lipinski definition) is 19. The molecule has 0 radical (unpaired) electrons. The molecule has 0 fully saturated rings. The lowest BCUT2D eigenvalue weighted by molar-refractivity contribution is -0.384. The Morgan fingerprint density at radius 2 is 0.845 bits per heavy atom. The lowest BCUT2D eigenvalue weighted by Crippen LogP contribution is -2.31. The number of nitrogens with zero attached hydrogens (tertiary/aromatic N) is 6. The third-order valence-electron chi connectivity index (χ3n) is 18.1. The van der Waals surface area contributed by atoms with E-state index in [2.05, 4.69) is 235 Å². The number of rotatable bonds is 10. The maximum atomic E-state index is 11.3. The van der Waals surface area contributed by atoms with Crippen LogP contribution in [0.3, 0.4) is 0 Å². The number of amides is 1. The summed E-state index contributed by atoms with van der Waals surface area (Å²) in [6.45, 7) is 38.9. The van der Waals surface area contributed by atoms with E-state index in [0.29, 0.717) is 11.3 Å². The van der Waals surface area contributed by atoms with E-state index in [-0.39, 0.29) is 83.7 Å². The number of imidazole rings is 1. The number of carbonyl (C=O) groups excluding carboxylic acids is 1. The number of nitrogen functional groups attached to an aromatic ring is 3. The Morgan fingerprint density at radius 3 is 1.23 bits per heavy atom. The Morgan fingerprint density at radius 1 is 0.481 bits per heavy atom. The van der Waals surface area contributed by atoms with Crippen LogP contribution in [-0.4, -0.2) is 76.5 Å². The number of halogens is 5. The summed E-state index contributed by atoms with van der Waals surface area (Å²) in [5.41, 5.74) is 33.0. The van der Waals surface area contributed by atoms with Crippen LogP contribution in [0.4, 0.5) is 62.6 Å². The van der Waals surface area contributed by atoms with Gasteiger partial charge in [-0.25, -0.2) is 4.98 Å². The third-order valence-corrected chi connectivity index (χ3v) is 20.7. The summed E-state index contributed by atoms with van der Waals surface area (Å²) >= 11 is 16.0. The quantitative estimate of drug-likeness (QED) is 0.0115. The largest absolute Gasteiger partial charge is 0.489 e. The Balaban J connectivity index is 0.000000380. The molecule has 12 aromatic rings. The van der Waals surface area contributed by atoms with Gasteiger partial charge < -0.3 is 48.3 Å². The first kappa shape index (κ1) is 112. The number of carboxylic acid groups (broad SMARTS) is 1. The standard InChI is InChI=1S/C17H17BrN2.C16H17BrN2O2.C16H19BrN2.C12H16N2O3.C10H14N2O2.C10H15N.C7H6BNO2.C6H4BrI.CH2O2.H2O4S/c1-17(2,3)12-7-8-16-15(9-12)19-11-20(16)14-6-4-5-13(18)10-14;1-16(2,3)11-7-8-14(15(9-11)19(20)21)18-13-6-4-5-12(17)10-13;1-16(2,3)11-7-8-15(14(18)9-11)19-13-6-4-5-12(17)10-13;1-8(15)13-10-6-5-9(12(2,3)4)7-11(10)14(16)17;1-10(2,3)7-4-5-8(11)9(6-7)12(13)14;1-10(2,3)8-4-6-9(11)7-5-8;9-5-6-3-1-2-4-7(6)8(10)11;7-5-2-1-3-6(8)4-5;2-1-3;1-5(2,3)4/h4-11H,1-3H3;4-10,18H,1-3H3;4-10,19H,18H2,1-3H3;5-7H,1-4H3,(H,13,15);4-6H,11H2,1-3H3;4-7H,11H2,1-3H3;1-4,10-11H;1-4H;1H,(H,2,3);(H2,1,2,3,4). The van der Waals surface area contributed by atoms with Crippen LogP contribution in [0.25, 0.3) is 16.7 Å². The van der Waals surface area contributed by atoms with Gasteiger partial charge in [0.05, 0.1) is 48.8 Å². The average Bonchev–Trinajstić information content (AvgIpc) is 1.65. The number of carbonyl (C=O) groups is 2. The number of hydrogen-bond donors (Lipinski definition) is 11. The minimum absolute atomic E-state index is 0.0163. The lowest BCUT2D eigenvalue weighted by Gasteiger charge is -2.20. The summed E-state index contributed by atoms with van der Waals surface area (Å²) in [5.74, 6) is -0.323. The topological polar surface area (TPSA) is 455 Å². The van der Waals surface area contributed by atoms with Crippen molar-refractivity contribution in [3.63, 3.8) is 0 Å². The minimum atomic E-state index is -4.67. The summed E-state index contributed by atoms with van der Waals surface area (Å²) < 4.78 is 39.1. The van der Waals surface area contributed by atoms with Crippen LogP contribution in [-0.2, 0) is 52.5 Å². The molecule has 0 aliphatic rings. The first-order valence-electron chi connectivity index (χ1n) is 39.6. The van der Waals surface area contributed by atoms with E-state index in [1.165, 1.54) is 51.4 Å². The van der Waals surface area contributed by atoms with E-state index in [9.17, 15) is 35.1 Å². The summed E-state index contributed by atoms with van der Waals surface area (Å²) in [7, 11) is -6.23. The first-order chi connectivity index (χ1) is 59.6. The molecule has 0 saturated heterocycles. The monoisotopic (exact) mass is 2150 g/mol. The highest BCUT2D eigenvalue weighted by Crippen LogP contribution is 2.37. The van der Waals surface area contributed by atoms with Crippen molar-refractivity contribution in [1.29, 1.82) is 5.26 Å². The summed E-state index contributed by atoms with van der Waals surface area (Å²) in [6, 6.07) is 76.1. The molecule has 12 rings (SSSR count). The van der Waals surface area contributed by atoms with E-state index in [0.717, 1.165) is 79.7 Å². The molecule has 0 unspecified atom stereocenters. The fourth-order valence-corrected chi connectivity index (χ4v) is 13.6. The molecule has 1 aromatic heterocycles. The average molecular weight is 2150 g/mol. The van der Waals surface area contributed by atoms with E-state index >= 15 is 0 Å². The fraction of sp³-hybridized carbons (Fsp3) is 0.263. The maximum Gasteiger partial charge on any atom is 0.489 e. The number of nitrogens with two attached hydrogens (primary N) is 3. The number of nitro benzene ring substituents is 3. The number of nitrogens with one attached hydrogen (secondary N) is 3. The van der Waals surface area contributed by atoms with Crippen LogP contribution in [0.15, 0.2) is 261 Å². The first-order valence-corrected chi connectivity index (χ1v) is 45.2. The molecule has 0 spiro atoms. The number of benzene rings is 11. The molecule has 0 aliphatic carbocycles. The van der Waals surface area contributed by atoms with Crippen molar-refractivity contribution in [1.82, 2.24) is 9.55 Å². The van der Waals surface area contributed by atoms with Crippen molar-refractivity contribution < 1.29 is 57.0 Å². The number of nitro groups is 3. The molecule has 11 aromatic carbocycles. The minimum Gasteiger partial charge on any atom is -0.483 e. The van der Waals surface area contributed by atoms with Gasteiger partial charge in [0.25, 0.3) is 23.5 Å². The van der Waals surface area contributed by atoms with Crippen LogP contribution >= 0.6 is 86.3 Å². The van der Waals surface area contributed by atoms with Gasteiger partial charge in [0.1, 0.15) is 23.4 Å². The molecule has 1 amide bonds. The second kappa shape index (κ2) is 50.8. The van der Waals surface area contributed by atoms with E-state index < -0.39 is 27.4 Å². The molecular formula is C95H112BBr4IN12O15S. The molecule has 0 aliphatic heterocycles. The van der Waals surface area contributed by atoms with Crippen LogP contribution in [0.2, 0.25) is 0 Å². The Kier molecular flexibility index (Phi) is 44.2. The zero-order valence-electron chi connectivity index (χ0n) is 75.3. The molecule has 1 heterocycles. The second-order valence-corrected chi connectivity index (χ2v) is 40.6. The van der Waals surface area contributed by atoms with Gasteiger partial charge in [-0.15, -0.1) is 0 Å². The molecule has 0 saturated carbocycles. The summed E-state index contributed by atoms with van der Waals surface area (Å²) in [4.78, 5) is 55.4. The van der Waals surface area contributed by atoms with Gasteiger partial charge in [0.2, 0.25) is 5.91 Å². The highest BCUT2D eigenvalue weighted by atomic mass is 127. The normalized spacial score (nSPS) is 10.9. The zero-order valence-corrected chi connectivity index (χ0v) is 84.6. The summed E-state index contributed by atoms with van der Waals surface area (Å²) in [6.07, 6.45) is 1.89. The summed E-state index contributed by atoms with van der Waals surface area (Å²) in [5, 5.41) is 74.6.